The molecular weight excluding hydrogens is 458 g/mol. The van der Waals surface area contributed by atoms with E-state index >= 15 is 0 Å². The lowest BCUT2D eigenvalue weighted by atomic mass is 10.1. The molecule has 1 aromatic heterocycles. The zero-order valence-corrected chi connectivity index (χ0v) is 19.8. The lowest BCUT2D eigenvalue weighted by Gasteiger charge is -2.34. The molecule has 2 aromatic carbocycles. The van der Waals surface area contributed by atoms with Gasteiger partial charge in [0.25, 0.3) is 11.5 Å². The van der Waals surface area contributed by atoms with Gasteiger partial charge in [0.1, 0.15) is 5.75 Å². The number of aromatic nitrogens is 2. The normalized spacial score (nSPS) is 14.3. The van der Waals surface area contributed by atoms with Crippen molar-refractivity contribution in [1.29, 1.82) is 0 Å². The Bertz CT molecular complexity index is 1280. The zero-order chi connectivity index (χ0) is 24.2. The number of carbonyl (C=O) groups is 2. The van der Waals surface area contributed by atoms with Crippen LogP contribution in [-0.4, -0.2) is 77.8 Å². The summed E-state index contributed by atoms with van der Waals surface area (Å²) in [6.07, 6.45) is 0. The highest BCUT2D eigenvalue weighted by Gasteiger charge is 2.22. The Labute approximate surface area is 201 Å². The Morgan fingerprint density at radius 3 is 2.44 bits per heavy atom. The molecule has 0 radical (unpaired) electrons. The van der Waals surface area contributed by atoms with Gasteiger partial charge >= 0.3 is 0 Å². The minimum absolute atomic E-state index is 0.0470. The van der Waals surface area contributed by atoms with Gasteiger partial charge in [-0.2, -0.15) is 9.78 Å². The van der Waals surface area contributed by atoms with Crippen molar-refractivity contribution in [3.63, 3.8) is 0 Å². The highest BCUT2D eigenvalue weighted by Crippen LogP contribution is 2.26. The first kappa shape index (κ1) is 23.7. The molecule has 9 nitrogen and oxygen atoms in total. The quantitative estimate of drug-likeness (QED) is 0.575. The molecule has 1 aliphatic rings. The standard InChI is InChI=1S/C24H26ClN5O4/c1-3-28-10-12-29(13-11-28)21(31)15-26-23(32)22-17-6-4-5-7-18(17)24(33)30(27-22)16-8-9-20(34-2)19(25)14-16/h4-9,14H,3,10-13,15H2,1-2H3,(H,26,32). The molecule has 0 spiro atoms. The predicted molar refractivity (Wildman–Crippen MR) is 130 cm³/mol. The molecule has 178 valence electrons. The first-order chi connectivity index (χ1) is 16.4. The number of benzene rings is 2. The summed E-state index contributed by atoms with van der Waals surface area (Å²) in [6, 6.07) is 11.5. The summed E-state index contributed by atoms with van der Waals surface area (Å²) in [5.41, 5.74) is 0.0458. The Hall–Kier alpha value is -3.43. The number of amides is 2. The van der Waals surface area contributed by atoms with Gasteiger partial charge in [0.15, 0.2) is 5.69 Å². The Morgan fingerprint density at radius 2 is 1.79 bits per heavy atom. The van der Waals surface area contributed by atoms with Gasteiger partial charge in [0, 0.05) is 31.6 Å². The van der Waals surface area contributed by atoms with E-state index in [-0.39, 0.29) is 18.1 Å². The van der Waals surface area contributed by atoms with Crippen LogP contribution in [0.2, 0.25) is 5.02 Å². The molecular formula is C24H26ClN5O4. The van der Waals surface area contributed by atoms with Crippen LogP contribution in [0, 0.1) is 0 Å². The van der Waals surface area contributed by atoms with Gasteiger partial charge in [-0.05, 0) is 30.8 Å². The van der Waals surface area contributed by atoms with Crippen molar-refractivity contribution in [2.24, 2.45) is 0 Å². The van der Waals surface area contributed by atoms with Crippen LogP contribution in [0.5, 0.6) is 5.75 Å². The molecule has 1 saturated heterocycles. The first-order valence-electron chi connectivity index (χ1n) is 11.1. The number of piperazine rings is 1. The molecule has 2 amide bonds. The van der Waals surface area contributed by atoms with E-state index in [2.05, 4.69) is 22.2 Å². The van der Waals surface area contributed by atoms with Gasteiger partial charge in [-0.25, -0.2) is 0 Å². The number of likely N-dealkylation sites (N-methyl/N-ethyl adjacent to an activating group) is 1. The minimum atomic E-state index is -0.537. The Kier molecular flexibility index (Phi) is 7.14. The van der Waals surface area contributed by atoms with E-state index in [4.69, 9.17) is 16.3 Å². The number of ether oxygens (including phenoxy) is 1. The largest absolute Gasteiger partial charge is 0.495 e. The summed E-state index contributed by atoms with van der Waals surface area (Å²) in [6.45, 7) is 5.80. The molecule has 1 aliphatic heterocycles. The topological polar surface area (TPSA) is 96.8 Å². The van der Waals surface area contributed by atoms with Crippen LogP contribution in [-0.2, 0) is 4.79 Å². The summed E-state index contributed by atoms with van der Waals surface area (Å²) in [5, 5.41) is 8.06. The number of carbonyl (C=O) groups excluding carboxylic acids is 2. The molecule has 1 fully saturated rings. The number of methoxy groups -OCH3 is 1. The van der Waals surface area contributed by atoms with Gasteiger partial charge in [0.05, 0.1) is 29.8 Å². The molecule has 0 unspecified atom stereocenters. The summed E-state index contributed by atoms with van der Waals surface area (Å²) < 4.78 is 6.31. The second kappa shape index (κ2) is 10.2. The van der Waals surface area contributed by atoms with E-state index in [9.17, 15) is 14.4 Å². The molecule has 0 saturated carbocycles. The average molecular weight is 484 g/mol. The monoisotopic (exact) mass is 483 g/mol. The van der Waals surface area contributed by atoms with Crippen molar-refractivity contribution < 1.29 is 14.3 Å². The maximum atomic E-state index is 13.1. The molecule has 0 atom stereocenters. The van der Waals surface area contributed by atoms with Crippen molar-refractivity contribution in [1.82, 2.24) is 24.9 Å². The molecule has 2 heterocycles. The third kappa shape index (κ3) is 4.76. The summed E-state index contributed by atoms with van der Waals surface area (Å²) in [4.78, 5) is 42.9. The number of hydrogen-bond donors (Lipinski definition) is 1. The van der Waals surface area contributed by atoms with Crippen molar-refractivity contribution in [2.75, 3.05) is 46.4 Å². The molecule has 34 heavy (non-hydrogen) atoms. The van der Waals surface area contributed by atoms with Crippen LogP contribution in [0.3, 0.4) is 0 Å². The summed E-state index contributed by atoms with van der Waals surface area (Å²) >= 11 is 6.24. The molecule has 10 heteroatoms. The molecule has 1 N–H and O–H groups in total. The van der Waals surface area contributed by atoms with Crippen LogP contribution in [0.25, 0.3) is 16.5 Å². The summed E-state index contributed by atoms with van der Waals surface area (Å²) in [7, 11) is 1.49. The molecule has 0 bridgehead atoms. The molecule has 4 rings (SSSR count). The Balaban J connectivity index is 1.61. The van der Waals surface area contributed by atoms with E-state index < -0.39 is 11.5 Å². The molecule has 3 aromatic rings. The lowest BCUT2D eigenvalue weighted by molar-refractivity contribution is -0.131. The van der Waals surface area contributed by atoms with E-state index in [1.807, 2.05) is 0 Å². The fourth-order valence-corrected chi connectivity index (χ4v) is 4.24. The predicted octanol–water partition coefficient (Wildman–Crippen LogP) is 1.94. The number of hydrogen-bond acceptors (Lipinski definition) is 6. The van der Waals surface area contributed by atoms with Gasteiger partial charge < -0.3 is 19.9 Å². The van der Waals surface area contributed by atoms with Crippen LogP contribution < -0.4 is 15.6 Å². The highest BCUT2D eigenvalue weighted by atomic mass is 35.5. The third-order valence-corrected chi connectivity index (χ3v) is 6.27. The second-order valence-electron chi connectivity index (χ2n) is 7.93. The van der Waals surface area contributed by atoms with Gasteiger partial charge in [-0.1, -0.05) is 36.7 Å². The first-order valence-corrected chi connectivity index (χ1v) is 11.4. The zero-order valence-electron chi connectivity index (χ0n) is 19.1. The van der Waals surface area contributed by atoms with Crippen LogP contribution in [0.4, 0.5) is 0 Å². The second-order valence-corrected chi connectivity index (χ2v) is 8.33. The number of rotatable bonds is 6. The van der Waals surface area contributed by atoms with E-state index in [0.29, 0.717) is 40.3 Å². The van der Waals surface area contributed by atoms with E-state index in [1.54, 1.807) is 47.4 Å². The maximum absolute atomic E-state index is 13.1. The van der Waals surface area contributed by atoms with Crippen molar-refractivity contribution in [3.05, 3.63) is 63.5 Å². The molecule has 0 aliphatic carbocycles. The van der Waals surface area contributed by atoms with E-state index in [0.717, 1.165) is 24.3 Å². The number of fused-ring (bicyclic) bond motifs is 1. The summed E-state index contributed by atoms with van der Waals surface area (Å²) in [5.74, 6) is -0.232. The van der Waals surface area contributed by atoms with Crippen LogP contribution in [0.15, 0.2) is 47.3 Å². The van der Waals surface area contributed by atoms with Crippen molar-refractivity contribution >= 4 is 34.2 Å². The fraction of sp³-hybridized carbons (Fsp3) is 0.333. The van der Waals surface area contributed by atoms with Crippen molar-refractivity contribution in [3.8, 4) is 11.4 Å². The highest BCUT2D eigenvalue weighted by molar-refractivity contribution is 6.32. The van der Waals surface area contributed by atoms with Gasteiger partial charge in [-0.3, -0.25) is 14.4 Å². The van der Waals surface area contributed by atoms with Crippen LogP contribution in [0.1, 0.15) is 17.4 Å². The SMILES string of the molecule is CCN1CCN(C(=O)CNC(=O)c2nn(-c3ccc(OC)c(Cl)c3)c(=O)c3ccccc23)CC1. The third-order valence-electron chi connectivity index (χ3n) is 5.97. The minimum Gasteiger partial charge on any atom is -0.495 e. The Morgan fingerprint density at radius 1 is 1.09 bits per heavy atom. The van der Waals surface area contributed by atoms with Crippen LogP contribution >= 0.6 is 11.6 Å². The maximum Gasteiger partial charge on any atom is 0.279 e. The fourth-order valence-electron chi connectivity index (χ4n) is 3.98. The van der Waals surface area contributed by atoms with Gasteiger partial charge in [0.2, 0.25) is 5.91 Å². The number of nitrogens with one attached hydrogen (secondary N) is 1. The average Bonchev–Trinajstić information content (AvgIpc) is 2.87. The van der Waals surface area contributed by atoms with E-state index in [1.165, 1.54) is 7.11 Å². The number of halogens is 1. The lowest BCUT2D eigenvalue weighted by Crippen LogP contribution is -2.51. The smallest absolute Gasteiger partial charge is 0.279 e. The number of nitrogens with zero attached hydrogens (tertiary/aromatic N) is 4. The van der Waals surface area contributed by atoms with Crippen molar-refractivity contribution in [2.45, 2.75) is 6.92 Å². The van der Waals surface area contributed by atoms with Gasteiger partial charge in [-0.15, -0.1) is 0 Å².